The minimum atomic E-state index is -0.313. The standard InChI is InChI=1S/C21H20N4O2/c26-19(16-14-6-9-21(16,12-14)15-7-10-22-11-8-15)23-18-17(24-25-20(18)27)13-4-2-1-3-5-13/h1-5,7-8,10-11,14,16H,6,9,12H2,(H,23,26)(H2,24,25,27). The van der Waals surface area contributed by atoms with E-state index < -0.39 is 0 Å². The molecule has 3 aromatic rings. The number of carbonyl (C=O) groups excluding carboxylic acids is 1. The van der Waals surface area contributed by atoms with Gasteiger partial charge in [0.2, 0.25) is 5.91 Å². The third kappa shape index (κ3) is 2.36. The highest BCUT2D eigenvalue weighted by Crippen LogP contribution is 2.64. The molecule has 2 aromatic heterocycles. The van der Waals surface area contributed by atoms with E-state index in [4.69, 9.17) is 0 Å². The number of aromatic amines is 2. The first kappa shape index (κ1) is 16.1. The molecule has 1 aromatic carbocycles. The van der Waals surface area contributed by atoms with Crippen LogP contribution < -0.4 is 10.9 Å². The third-order valence-corrected chi connectivity index (χ3v) is 6.28. The highest BCUT2D eigenvalue weighted by molar-refractivity contribution is 5.97. The van der Waals surface area contributed by atoms with Crippen molar-refractivity contribution in [1.82, 2.24) is 15.2 Å². The Hall–Kier alpha value is -3.15. The van der Waals surface area contributed by atoms with Gasteiger partial charge in [-0.15, -0.1) is 0 Å². The van der Waals surface area contributed by atoms with Crippen molar-refractivity contribution in [3.05, 3.63) is 70.8 Å². The molecule has 3 aliphatic carbocycles. The Morgan fingerprint density at radius 1 is 1.11 bits per heavy atom. The molecule has 3 aliphatic rings. The van der Waals surface area contributed by atoms with Gasteiger partial charge in [0.1, 0.15) is 5.69 Å². The van der Waals surface area contributed by atoms with Crippen LogP contribution in [0.15, 0.2) is 59.7 Å². The number of anilines is 1. The summed E-state index contributed by atoms with van der Waals surface area (Å²) in [6.45, 7) is 0. The maximum atomic E-state index is 13.2. The highest BCUT2D eigenvalue weighted by atomic mass is 16.2. The third-order valence-electron chi connectivity index (χ3n) is 6.28. The first-order chi connectivity index (χ1) is 13.2. The van der Waals surface area contributed by atoms with E-state index in [1.807, 2.05) is 42.5 Å². The second-order valence-electron chi connectivity index (χ2n) is 7.56. The van der Waals surface area contributed by atoms with Crippen LogP contribution in [0.4, 0.5) is 5.69 Å². The Labute approximate surface area is 156 Å². The van der Waals surface area contributed by atoms with E-state index in [0.29, 0.717) is 17.3 Å². The largest absolute Gasteiger partial charge is 0.319 e. The predicted molar refractivity (Wildman–Crippen MR) is 102 cm³/mol. The van der Waals surface area contributed by atoms with Crippen molar-refractivity contribution in [2.75, 3.05) is 5.32 Å². The smallest absolute Gasteiger partial charge is 0.288 e. The normalized spacial score (nSPS) is 25.8. The molecule has 3 unspecified atom stereocenters. The summed E-state index contributed by atoms with van der Waals surface area (Å²) in [7, 11) is 0. The molecular weight excluding hydrogens is 340 g/mol. The van der Waals surface area contributed by atoms with Crippen LogP contribution in [-0.4, -0.2) is 21.1 Å². The molecule has 136 valence electrons. The van der Waals surface area contributed by atoms with Crippen molar-refractivity contribution >= 4 is 11.6 Å². The Bertz CT molecular complexity index is 1040. The summed E-state index contributed by atoms with van der Waals surface area (Å²) in [6, 6.07) is 13.5. The van der Waals surface area contributed by atoms with E-state index in [9.17, 15) is 9.59 Å². The lowest BCUT2D eigenvalue weighted by Gasteiger charge is -2.46. The average molecular weight is 360 g/mol. The molecule has 3 N–H and O–H groups in total. The fourth-order valence-electron chi connectivity index (χ4n) is 5.06. The lowest BCUT2D eigenvalue weighted by atomic mass is 9.57. The maximum Gasteiger partial charge on any atom is 0.288 e. The Morgan fingerprint density at radius 2 is 1.89 bits per heavy atom. The summed E-state index contributed by atoms with van der Waals surface area (Å²) in [4.78, 5) is 29.6. The number of nitrogens with zero attached hydrogens (tertiary/aromatic N) is 1. The van der Waals surface area contributed by atoms with Crippen LogP contribution in [0.25, 0.3) is 11.3 Å². The van der Waals surface area contributed by atoms with Gasteiger partial charge in [-0.1, -0.05) is 30.3 Å². The molecule has 6 heteroatoms. The topological polar surface area (TPSA) is 90.6 Å². The minimum Gasteiger partial charge on any atom is -0.319 e. The number of carbonyl (C=O) groups is 1. The van der Waals surface area contributed by atoms with Crippen molar-refractivity contribution in [2.45, 2.75) is 24.7 Å². The van der Waals surface area contributed by atoms with Gasteiger partial charge in [0.15, 0.2) is 0 Å². The van der Waals surface area contributed by atoms with E-state index in [-0.39, 0.29) is 22.8 Å². The van der Waals surface area contributed by atoms with Crippen LogP contribution in [0.1, 0.15) is 24.8 Å². The van der Waals surface area contributed by atoms with E-state index in [0.717, 1.165) is 24.8 Å². The number of nitrogens with one attached hydrogen (secondary N) is 3. The molecule has 0 radical (unpaired) electrons. The summed E-state index contributed by atoms with van der Waals surface area (Å²) < 4.78 is 0. The Morgan fingerprint density at radius 3 is 2.63 bits per heavy atom. The van der Waals surface area contributed by atoms with E-state index >= 15 is 0 Å². The van der Waals surface area contributed by atoms with Gasteiger partial charge in [0.05, 0.1) is 11.6 Å². The number of hydrogen-bond acceptors (Lipinski definition) is 3. The lowest BCUT2D eigenvalue weighted by molar-refractivity contribution is -0.127. The van der Waals surface area contributed by atoms with Crippen LogP contribution in [0.2, 0.25) is 0 Å². The van der Waals surface area contributed by atoms with Gasteiger partial charge in [0.25, 0.3) is 5.56 Å². The zero-order valence-corrected chi connectivity index (χ0v) is 14.7. The summed E-state index contributed by atoms with van der Waals surface area (Å²) in [5.41, 5.74) is 2.50. The Balaban J connectivity index is 1.46. The molecule has 27 heavy (non-hydrogen) atoms. The molecule has 1 amide bonds. The number of hydrogen-bond donors (Lipinski definition) is 3. The zero-order valence-electron chi connectivity index (χ0n) is 14.7. The predicted octanol–water partition coefficient (Wildman–Crippen LogP) is 3.07. The van der Waals surface area contributed by atoms with Crippen LogP contribution >= 0.6 is 0 Å². The van der Waals surface area contributed by atoms with Crippen molar-refractivity contribution in [3.8, 4) is 11.3 Å². The maximum absolute atomic E-state index is 13.2. The molecule has 6 nitrogen and oxygen atoms in total. The number of rotatable bonds is 4. The van der Waals surface area contributed by atoms with Crippen LogP contribution in [0.3, 0.4) is 0 Å². The summed E-state index contributed by atoms with van der Waals surface area (Å²) in [6.07, 6.45) is 6.67. The number of H-pyrrole nitrogens is 2. The van der Waals surface area contributed by atoms with Gasteiger partial charge in [-0.3, -0.25) is 24.8 Å². The molecule has 0 saturated heterocycles. The number of aromatic nitrogens is 3. The van der Waals surface area contributed by atoms with Crippen molar-refractivity contribution in [2.24, 2.45) is 11.8 Å². The minimum absolute atomic E-state index is 0.0668. The molecule has 0 aliphatic heterocycles. The quantitative estimate of drug-likeness (QED) is 0.668. The number of pyridine rings is 1. The number of benzene rings is 1. The molecular formula is C21H20N4O2. The summed E-state index contributed by atoms with van der Waals surface area (Å²) in [5.74, 6) is 0.219. The van der Waals surface area contributed by atoms with E-state index in [1.54, 1.807) is 12.4 Å². The molecule has 6 rings (SSSR count). The van der Waals surface area contributed by atoms with E-state index in [2.05, 4.69) is 20.5 Å². The lowest BCUT2D eigenvalue weighted by Crippen LogP contribution is -2.50. The van der Waals surface area contributed by atoms with Crippen molar-refractivity contribution in [1.29, 1.82) is 0 Å². The number of fused-ring (bicyclic) bond motifs is 1. The molecule has 0 spiro atoms. The van der Waals surface area contributed by atoms with E-state index in [1.165, 1.54) is 5.56 Å². The van der Waals surface area contributed by atoms with Crippen LogP contribution in [0, 0.1) is 11.8 Å². The fraction of sp³-hybridized carbons (Fsp3) is 0.286. The zero-order chi connectivity index (χ0) is 18.4. The van der Waals surface area contributed by atoms with Crippen LogP contribution in [-0.2, 0) is 10.2 Å². The molecule has 3 saturated carbocycles. The Kier molecular flexibility index (Phi) is 3.53. The highest BCUT2D eigenvalue weighted by Gasteiger charge is 2.62. The van der Waals surface area contributed by atoms with Crippen LogP contribution in [0.5, 0.6) is 0 Å². The first-order valence-electron chi connectivity index (χ1n) is 9.26. The first-order valence-corrected chi connectivity index (χ1v) is 9.26. The van der Waals surface area contributed by atoms with Crippen molar-refractivity contribution in [3.63, 3.8) is 0 Å². The number of amides is 1. The molecule has 3 fully saturated rings. The summed E-state index contributed by atoms with van der Waals surface area (Å²) >= 11 is 0. The molecule has 3 atom stereocenters. The van der Waals surface area contributed by atoms with Gasteiger partial charge in [-0.25, -0.2) is 0 Å². The van der Waals surface area contributed by atoms with Gasteiger partial charge in [-0.2, -0.15) is 0 Å². The van der Waals surface area contributed by atoms with Crippen molar-refractivity contribution < 1.29 is 4.79 Å². The van der Waals surface area contributed by atoms with Gasteiger partial charge >= 0.3 is 0 Å². The average Bonchev–Trinajstić information content (AvgIpc) is 3.38. The molecule has 2 bridgehead atoms. The summed E-state index contributed by atoms with van der Waals surface area (Å²) in [5, 5.41) is 8.41. The van der Waals surface area contributed by atoms with Gasteiger partial charge in [0, 0.05) is 23.4 Å². The monoisotopic (exact) mass is 360 g/mol. The second kappa shape index (κ2) is 5.94. The SMILES string of the molecule is O=C(Nc1c(-c2ccccc2)[nH][nH]c1=O)C1C2CCC1(c1ccncc1)C2. The molecule has 2 heterocycles. The van der Waals surface area contributed by atoms with Gasteiger partial charge in [-0.05, 0) is 42.9 Å². The second-order valence-corrected chi connectivity index (χ2v) is 7.56. The fourth-order valence-corrected chi connectivity index (χ4v) is 5.06. The van der Waals surface area contributed by atoms with Gasteiger partial charge < -0.3 is 5.32 Å².